The first-order valence-electron chi connectivity index (χ1n) is 13.2. The molecular formula is C27H37BF3N5O5. The molecule has 0 spiro atoms. The van der Waals surface area contributed by atoms with Crippen LogP contribution in [0.3, 0.4) is 0 Å². The number of nitrogens with one attached hydrogen (secondary N) is 1. The van der Waals surface area contributed by atoms with E-state index in [-0.39, 0.29) is 56.6 Å². The van der Waals surface area contributed by atoms with E-state index in [2.05, 4.69) is 5.32 Å². The summed E-state index contributed by atoms with van der Waals surface area (Å²) in [5.74, 6) is -1.33. The van der Waals surface area contributed by atoms with Gasteiger partial charge in [0.15, 0.2) is 5.78 Å². The molecule has 0 aliphatic heterocycles. The van der Waals surface area contributed by atoms with Gasteiger partial charge < -0.3 is 37.5 Å². The number of ketones is 1. The Morgan fingerprint density at radius 2 is 1.59 bits per heavy atom. The molecule has 14 heteroatoms. The highest BCUT2D eigenvalue weighted by Gasteiger charge is 2.30. The highest BCUT2D eigenvalue weighted by Crippen LogP contribution is 2.29. The van der Waals surface area contributed by atoms with Crippen LogP contribution in [0.5, 0.6) is 0 Å². The fraction of sp³-hybridized carbons (Fsp3) is 0.444. The Morgan fingerprint density at radius 3 is 2.15 bits per heavy atom. The number of nitrogens with two attached hydrogens (primary N) is 3. The molecule has 2 amide bonds. The molecule has 2 aromatic rings. The number of aryl methyl sites for hydroxylation is 1. The van der Waals surface area contributed by atoms with Crippen LogP contribution in [0.2, 0.25) is 0 Å². The lowest BCUT2D eigenvalue weighted by molar-refractivity contribution is -0.137. The van der Waals surface area contributed by atoms with E-state index in [0.29, 0.717) is 24.2 Å². The predicted octanol–water partition coefficient (Wildman–Crippen LogP) is -0.532. The predicted molar refractivity (Wildman–Crippen MR) is 149 cm³/mol. The van der Waals surface area contributed by atoms with E-state index < -0.39 is 42.6 Å². The molecule has 9 N–H and O–H groups in total. The number of nitrogens with zero attached hydrogens (tertiary/aromatic N) is 1. The summed E-state index contributed by atoms with van der Waals surface area (Å²) in [4.78, 5) is 40.1. The van der Waals surface area contributed by atoms with E-state index >= 15 is 0 Å². The maximum Gasteiger partial charge on any atom is 0.488 e. The summed E-state index contributed by atoms with van der Waals surface area (Å²) in [5.41, 5.74) is 17.5. The van der Waals surface area contributed by atoms with Gasteiger partial charge in [-0.2, -0.15) is 13.2 Å². The molecule has 0 radical (unpaired) electrons. The SMILES string of the molecule is NCCN(CCN)C(=O)CC[C@H](N)C(=O)N[C@H](CCc1ccc(C(F)(F)F)cc1)C(=O)Cc1cccc(B(O)O)c1. The minimum absolute atomic E-state index is 0.00651. The molecule has 0 fully saturated rings. The van der Waals surface area contributed by atoms with Crippen molar-refractivity contribution in [1.29, 1.82) is 0 Å². The summed E-state index contributed by atoms with van der Waals surface area (Å²) >= 11 is 0. The van der Waals surface area contributed by atoms with E-state index in [4.69, 9.17) is 17.2 Å². The number of amides is 2. The largest absolute Gasteiger partial charge is 0.488 e. The first-order valence-corrected chi connectivity index (χ1v) is 13.2. The van der Waals surface area contributed by atoms with Gasteiger partial charge in [0.1, 0.15) is 0 Å². The summed E-state index contributed by atoms with van der Waals surface area (Å²) in [7, 11) is -1.73. The van der Waals surface area contributed by atoms with Crippen molar-refractivity contribution in [2.75, 3.05) is 26.2 Å². The summed E-state index contributed by atoms with van der Waals surface area (Å²) in [6.45, 7) is 1.13. The molecule has 0 aliphatic rings. The standard InChI is InChI=1S/C27H37BF3N5O5/c29-27(30,31)20-7-4-18(5-8-20)6-10-23(24(37)17-19-2-1-3-21(16-19)28(40)41)35-26(39)22(34)9-11-25(38)36(14-12-32)15-13-33/h1-5,7-8,16,22-23,40-41H,6,9-15,17,32-34H2,(H,35,39)/t22-,23+/m0/s1. The van der Waals surface area contributed by atoms with E-state index in [0.717, 1.165) is 12.1 Å². The Labute approximate surface area is 237 Å². The summed E-state index contributed by atoms with van der Waals surface area (Å²) in [6, 6.07) is 8.46. The van der Waals surface area contributed by atoms with E-state index in [1.807, 2.05) is 0 Å². The van der Waals surface area contributed by atoms with Crippen LogP contribution < -0.4 is 28.0 Å². The number of hydrogen-bond donors (Lipinski definition) is 6. The number of hydrogen-bond acceptors (Lipinski definition) is 8. The number of rotatable bonds is 16. The maximum absolute atomic E-state index is 13.2. The summed E-state index contributed by atoms with van der Waals surface area (Å²) < 4.78 is 38.7. The molecule has 0 heterocycles. The van der Waals surface area contributed by atoms with Crippen molar-refractivity contribution in [3.63, 3.8) is 0 Å². The molecule has 0 bridgehead atoms. The Hall–Kier alpha value is -3.30. The van der Waals surface area contributed by atoms with Crippen LogP contribution in [-0.2, 0) is 33.4 Å². The average Bonchev–Trinajstić information content (AvgIpc) is 2.93. The Morgan fingerprint density at radius 1 is 0.951 bits per heavy atom. The number of halogens is 3. The fourth-order valence-electron chi connectivity index (χ4n) is 4.19. The van der Waals surface area contributed by atoms with Crippen molar-refractivity contribution in [3.05, 3.63) is 65.2 Å². The van der Waals surface area contributed by atoms with Crippen LogP contribution in [0.15, 0.2) is 48.5 Å². The van der Waals surface area contributed by atoms with Gasteiger partial charge in [0.25, 0.3) is 0 Å². The smallest absolute Gasteiger partial charge is 0.423 e. The van der Waals surface area contributed by atoms with Crippen molar-refractivity contribution in [2.24, 2.45) is 17.2 Å². The van der Waals surface area contributed by atoms with Gasteiger partial charge in [-0.05, 0) is 48.0 Å². The quantitative estimate of drug-likeness (QED) is 0.143. The molecule has 41 heavy (non-hydrogen) atoms. The molecule has 10 nitrogen and oxygen atoms in total. The second-order valence-corrected chi connectivity index (χ2v) is 9.66. The topological polar surface area (TPSA) is 185 Å². The molecule has 2 rings (SSSR count). The first-order chi connectivity index (χ1) is 19.3. The van der Waals surface area contributed by atoms with Crippen LogP contribution in [0.1, 0.15) is 36.0 Å². The second-order valence-electron chi connectivity index (χ2n) is 9.66. The molecule has 0 saturated carbocycles. The highest BCUT2D eigenvalue weighted by molar-refractivity contribution is 6.58. The van der Waals surface area contributed by atoms with E-state index in [9.17, 15) is 37.6 Å². The van der Waals surface area contributed by atoms with Gasteiger partial charge in [0.05, 0.1) is 17.6 Å². The lowest BCUT2D eigenvalue weighted by Crippen LogP contribution is -2.49. The monoisotopic (exact) mass is 579 g/mol. The fourth-order valence-corrected chi connectivity index (χ4v) is 4.19. The number of alkyl halides is 3. The Balaban J connectivity index is 2.12. The first kappa shape index (κ1) is 33.9. The average molecular weight is 579 g/mol. The zero-order valence-electron chi connectivity index (χ0n) is 22.6. The van der Waals surface area contributed by atoms with Gasteiger partial charge >= 0.3 is 13.3 Å². The molecule has 2 atom stereocenters. The number of benzene rings is 2. The molecule has 0 saturated heterocycles. The van der Waals surface area contributed by atoms with Gasteiger partial charge in [-0.25, -0.2) is 0 Å². The van der Waals surface area contributed by atoms with Gasteiger partial charge in [-0.3, -0.25) is 14.4 Å². The lowest BCUT2D eigenvalue weighted by Gasteiger charge is -2.23. The van der Waals surface area contributed by atoms with Crippen LogP contribution in [0, 0.1) is 0 Å². The third-order valence-electron chi connectivity index (χ3n) is 6.49. The van der Waals surface area contributed by atoms with Crippen LogP contribution >= 0.6 is 0 Å². The van der Waals surface area contributed by atoms with Gasteiger partial charge in [-0.15, -0.1) is 0 Å². The molecular weight excluding hydrogens is 542 g/mol. The Bertz CT molecular complexity index is 1140. The molecule has 0 unspecified atom stereocenters. The molecule has 2 aromatic carbocycles. The van der Waals surface area contributed by atoms with Crippen molar-refractivity contribution in [1.82, 2.24) is 10.2 Å². The third-order valence-corrected chi connectivity index (χ3v) is 6.49. The van der Waals surface area contributed by atoms with Gasteiger partial charge in [0, 0.05) is 39.0 Å². The molecule has 0 aliphatic carbocycles. The van der Waals surface area contributed by atoms with Crippen LogP contribution in [0.4, 0.5) is 13.2 Å². The maximum atomic E-state index is 13.2. The number of Topliss-reactive ketones (excluding diaryl/α,β-unsaturated/α-hetero) is 1. The third kappa shape index (κ3) is 11.2. The summed E-state index contributed by atoms with van der Waals surface area (Å²) in [6.07, 6.45) is -4.40. The highest BCUT2D eigenvalue weighted by atomic mass is 19.4. The Kier molecular flexibility index (Phi) is 13.4. The van der Waals surface area contributed by atoms with Crippen molar-refractivity contribution < 1.29 is 37.6 Å². The number of carbonyl (C=O) groups is 3. The normalized spacial score (nSPS) is 12.9. The van der Waals surface area contributed by atoms with Crippen LogP contribution in [-0.4, -0.2) is 77.9 Å². The van der Waals surface area contributed by atoms with E-state index in [1.54, 1.807) is 12.1 Å². The summed E-state index contributed by atoms with van der Waals surface area (Å²) in [5, 5.41) is 21.5. The lowest BCUT2D eigenvalue weighted by atomic mass is 9.79. The van der Waals surface area contributed by atoms with Crippen LogP contribution in [0.25, 0.3) is 0 Å². The van der Waals surface area contributed by atoms with E-state index in [1.165, 1.54) is 29.2 Å². The van der Waals surface area contributed by atoms with Gasteiger partial charge in [0.2, 0.25) is 11.8 Å². The van der Waals surface area contributed by atoms with Crippen molar-refractivity contribution in [3.8, 4) is 0 Å². The zero-order valence-corrected chi connectivity index (χ0v) is 22.6. The van der Waals surface area contributed by atoms with Crippen molar-refractivity contribution in [2.45, 2.75) is 50.4 Å². The van der Waals surface area contributed by atoms with Gasteiger partial charge in [-0.1, -0.05) is 36.4 Å². The van der Waals surface area contributed by atoms with Crippen molar-refractivity contribution >= 4 is 30.2 Å². The molecule has 224 valence electrons. The zero-order chi connectivity index (χ0) is 30.6. The minimum Gasteiger partial charge on any atom is -0.423 e. The second kappa shape index (κ2) is 16.2. The minimum atomic E-state index is -4.48. The molecule has 0 aromatic heterocycles. The number of carbonyl (C=O) groups excluding carboxylic acids is 3.